The number of aromatic nitrogens is 2. The van der Waals surface area contributed by atoms with E-state index in [0.717, 1.165) is 47.4 Å². The van der Waals surface area contributed by atoms with E-state index in [-0.39, 0.29) is 23.8 Å². The second-order valence-corrected chi connectivity index (χ2v) is 9.58. The zero-order valence-electron chi connectivity index (χ0n) is 18.4. The monoisotopic (exact) mass is 433 g/mol. The summed E-state index contributed by atoms with van der Waals surface area (Å²) in [6.45, 7) is 4.24. The minimum absolute atomic E-state index is 0.198. The largest absolute Gasteiger partial charge is 0.340 e. The highest BCUT2D eigenvalue weighted by Crippen LogP contribution is 2.44. The van der Waals surface area contributed by atoms with Crippen molar-refractivity contribution in [2.45, 2.75) is 50.5 Å². The molecule has 2 saturated heterocycles. The second-order valence-electron chi connectivity index (χ2n) is 9.58. The van der Waals surface area contributed by atoms with Gasteiger partial charge in [-0.15, -0.1) is 0 Å². The average Bonchev–Trinajstić information content (AvgIpc) is 3.22. The van der Waals surface area contributed by atoms with Gasteiger partial charge in [-0.2, -0.15) is 0 Å². The summed E-state index contributed by atoms with van der Waals surface area (Å²) in [6.07, 6.45) is 5.57. The van der Waals surface area contributed by atoms with Crippen LogP contribution in [0, 0.1) is 0 Å². The van der Waals surface area contributed by atoms with Crippen molar-refractivity contribution in [3.05, 3.63) is 47.8 Å². The number of carbonyl (C=O) groups is 3. The van der Waals surface area contributed by atoms with Crippen molar-refractivity contribution >= 4 is 17.8 Å². The van der Waals surface area contributed by atoms with E-state index >= 15 is 0 Å². The van der Waals surface area contributed by atoms with Crippen molar-refractivity contribution in [2.75, 3.05) is 19.6 Å². The summed E-state index contributed by atoms with van der Waals surface area (Å²) in [5, 5.41) is 2.63. The van der Waals surface area contributed by atoms with Crippen LogP contribution in [0.3, 0.4) is 0 Å². The van der Waals surface area contributed by atoms with Gasteiger partial charge in [-0.3, -0.25) is 14.5 Å². The van der Waals surface area contributed by atoms with Gasteiger partial charge >= 0.3 is 6.03 Å². The van der Waals surface area contributed by atoms with E-state index in [0.29, 0.717) is 18.9 Å². The molecule has 1 aliphatic carbocycles. The van der Waals surface area contributed by atoms with E-state index in [1.165, 1.54) is 0 Å². The Kier molecular flexibility index (Phi) is 4.76. The number of amides is 4. The molecule has 2 fully saturated rings. The average molecular weight is 434 g/mol. The van der Waals surface area contributed by atoms with Crippen LogP contribution in [0.15, 0.2) is 36.5 Å². The van der Waals surface area contributed by atoms with Gasteiger partial charge in [-0.25, -0.2) is 14.8 Å². The lowest BCUT2D eigenvalue weighted by Crippen LogP contribution is -2.51. The molecule has 2 aliphatic heterocycles. The van der Waals surface area contributed by atoms with Crippen molar-refractivity contribution < 1.29 is 14.4 Å². The van der Waals surface area contributed by atoms with Crippen molar-refractivity contribution in [1.29, 1.82) is 0 Å². The maximum Gasteiger partial charge on any atom is 0.325 e. The molecular weight excluding hydrogens is 406 g/mol. The van der Waals surface area contributed by atoms with Crippen LogP contribution >= 0.6 is 0 Å². The van der Waals surface area contributed by atoms with Crippen LogP contribution < -0.4 is 5.32 Å². The van der Waals surface area contributed by atoms with Crippen molar-refractivity contribution in [3.8, 4) is 11.4 Å². The van der Waals surface area contributed by atoms with E-state index in [4.69, 9.17) is 4.98 Å². The van der Waals surface area contributed by atoms with Gasteiger partial charge in [-0.05, 0) is 45.1 Å². The molecule has 0 saturated carbocycles. The Morgan fingerprint density at radius 1 is 1.16 bits per heavy atom. The second kappa shape index (κ2) is 7.39. The summed E-state index contributed by atoms with van der Waals surface area (Å²) >= 11 is 0. The number of imide groups is 1. The molecule has 8 nitrogen and oxygen atoms in total. The Morgan fingerprint density at radius 2 is 1.94 bits per heavy atom. The molecule has 1 atom stereocenters. The first-order valence-corrected chi connectivity index (χ1v) is 11.1. The van der Waals surface area contributed by atoms with Gasteiger partial charge in [0.1, 0.15) is 12.1 Å². The molecule has 1 spiro atoms. The minimum Gasteiger partial charge on any atom is -0.340 e. The molecule has 4 amide bonds. The van der Waals surface area contributed by atoms with Gasteiger partial charge in [0.25, 0.3) is 5.91 Å². The van der Waals surface area contributed by atoms with Crippen LogP contribution in [0.5, 0.6) is 0 Å². The Balaban J connectivity index is 1.37. The van der Waals surface area contributed by atoms with E-state index in [9.17, 15) is 14.4 Å². The van der Waals surface area contributed by atoms with Crippen molar-refractivity contribution in [1.82, 2.24) is 25.1 Å². The number of likely N-dealkylation sites (tertiary alicyclic amines) is 1. The van der Waals surface area contributed by atoms with Gasteiger partial charge in [0.15, 0.2) is 5.82 Å². The van der Waals surface area contributed by atoms with Crippen LogP contribution in [-0.2, 0) is 21.4 Å². The number of nitrogens with zero attached hydrogens (tertiary/aromatic N) is 4. The van der Waals surface area contributed by atoms with Gasteiger partial charge in [-0.1, -0.05) is 30.3 Å². The zero-order valence-corrected chi connectivity index (χ0v) is 18.4. The normalized spacial score (nSPS) is 24.1. The third-order valence-corrected chi connectivity index (χ3v) is 6.94. The van der Waals surface area contributed by atoms with Crippen LogP contribution in [0.4, 0.5) is 4.79 Å². The number of carbonyl (C=O) groups excluding carboxylic acids is 3. The fourth-order valence-electron chi connectivity index (χ4n) is 5.21. The van der Waals surface area contributed by atoms with Gasteiger partial charge < -0.3 is 10.2 Å². The smallest absolute Gasteiger partial charge is 0.325 e. The summed E-state index contributed by atoms with van der Waals surface area (Å²) in [5.41, 5.74) is 1.99. The Morgan fingerprint density at radius 3 is 2.66 bits per heavy atom. The topological polar surface area (TPSA) is 95.5 Å². The van der Waals surface area contributed by atoms with Crippen LogP contribution in [0.1, 0.15) is 44.4 Å². The first kappa shape index (κ1) is 20.6. The molecular formula is C24H27N5O3. The third-order valence-electron chi connectivity index (χ3n) is 6.94. The number of benzene rings is 1. The van der Waals surface area contributed by atoms with E-state index in [1.54, 1.807) is 18.7 Å². The summed E-state index contributed by atoms with van der Waals surface area (Å²) in [4.78, 5) is 50.2. The quantitative estimate of drug-likeness (QED) is 0.750. The lowest BCUT2D eigenvalue weighted by molar-refractivity contribution is -0.139. The number of hydrogen-bond donors (Lipinski definition) is 1. The third kappa shape index (κ3) is 3.34. The predicted octanol–water partition coefficient (Wildman–Crippen LogP) is 2.28. The molecule has 1 N–H and O–H groups in total. The fourth-order valence-corrected chi connectivity index (χ4v) is 5.21. The number of hydrogen-bond acceptors (Lipinski definition) is 5. The Labute approximate surface area is 187 Å². The number of aryl methyl sites for hydroxylation is 1. The lowest BCUT2D eigenvalue weighted by atomic mass is 9.77. The highest BCUT2D eigenvalue weighted by molar-refractivity contribution is 6.08. The SMILES string of the molecule is CC1(C)NC(=O)N(CC(=O)N2CCCC3(CCc4cnc(-c5ccccc5)nc43)C2)C1=O. The van der Waals surface area contributed by atoms with Gasteiger partial charge in [0, 0.05) is 30.3 Å². The minimum atomic E-state index is -0.977. The number of piperidine rings is 1. The Bertz CT molecular complexity index is 1100. The number of urea groups is 1. The summed E-state index contributed by atoms with van der Waals surface area (Å²) in [5.74, 6) is 0.140. The standard InChI is InChI=1S/C24H27N5O3/c1-23(2)21(31)29(22(32)27-23)14-18(30)28-12-6-10-24(15-28)11-9-17-13-25-20(26-19(17)24)16-7-4-3-5-8-16/h3-5,7-8,13H,6,9-12,14-15H2,1-2H3,(H,27,32). The van der Waals surface area contributed by atoms with Gasteiger partial charge in [0.05, 0.1) is 5.69 Å². The van der Waals surface area contributed by atoms with E-state index in [2.05, 4.69) is 10.3 Å². The van der Waals surface area contributed by atoms with Crippen LogP contribution in [-0.4, -0.2) is 62.8 Å². The molecule has 3 aliphatic rings. The number of nitrogens with one attached hydrogen (secondary N) is 1. The highest BCUT2D eigenvalue weighted by Gasteiger charge is 2.48. The summed E-state index contributed by atoms with van der Waals surface area (Å²) < 4.78 is 0. The fraction of sp³-hybridized carbons (Fsp3) is 0.458. The molecule has 1 aromatic carbocycles. The lowest BCUT2D eigenvalue weighted by Gasteiger charge is -2.41. The number of fused-ring (bicyclic) bond motifs is 2. The maximum atomic E-state index is 13.1. The molecule has 0 radical (unpaired) electrons. The predicted molar refractivity (Wildman–Crippen MR) is 118 cm³/mol. The molecule has 0 bridgehead atoms. The molecule has 166 valence electrons. The molecule has 1 unspecified atom stereocenters. The van der Waals surface area contributed by atoms with E-state index < -0.39 is 11.6 Å². The van der Waals surface area contributed by atoms with Crippen molar-refractivity contribution in [3.63, 3.8) is 0 Å². The molecule has 2 aromatic rings. The van der Waals surface area contributed by atoms with Crippen molar-refractivity contribution in [2.24, 2.45) is 0 Å². The highest BCUT2D eigenvalue weighted by atomic mass is 16.2. The van der Waals surface area contributed by atoms with E-state index in [1.807, 2.05) is 36.5 Å². The summed E-state index contributed by atoms with van der Waals surface area (Å²) in [6, 6.07) is 9.40. The maximum absolute atomic E-state index is 13.1. The van der Waals surface area contributed by atoms with Crippen LogP contribution in [0.2, 0.25) is 0 Å². The first-order valence-electron chi connectivity index (χ1n) is 11.1. The Hall–Kier alpha value is -3.29. The summed E-state index contributed by atoms with van der Waals surface area (Å²) in [7, 11) is 0. The molecule has 5 rings (SSSR count). The number of rotatable bonds is 3. The molecule has 8 heteroatoms. The molecule has 1 aromatic heterocycles. The van der Waals surface area contributed by atoms with Crippen LogP contribution in [0.25, 0.3) is 11.4 Å². The van der Waals surface area contributed by atoms with Gasteiger partial charge in [0.2, 0.25) is 5.91 Å². The molecule has 32 heavy (non-hydrogen) atoms. The zero-order chi connectivity index (χ0) is 22.5. The first-order chi connectivity index (χ1) is 15.3. The molecule has 3 heterocycles.